The lowest BCUT2D eigenvalue weighted by Crippen LogP contribution is -2.30. The van der Waals surface area contributed by atoms with E-state index in [1.165, 1.54) is 257 Å². The summed E-state index contributed by atoms with van der Waals surface area (Å²) in [6.07, 6.45) is 65.0. The summed E-state index contributed by atoms with van der Waals surface area (Å²) in [6.45, 7) is 9.73. The van der Waals surface area contributed by atoms with Gasteiger partial charge in [-0.2, -0.15) is 0 Å². The van der Waals surface area contributed by atoms with Crippen LogP contribution in [-0.4, -0.2) is 96.7 Å². The molecule has 17 nitrogen and oxygen atoms in total. The van der Waals surface area contributed by atoms with Crippen LogP contribution < -0.4 is 0 Å². The molecule has 0 aromatic heterocycles. The molecular formula is C83H162O17P2. The number of phosphoric acid groups is 2. The maximum absolute atomic E-state index is 13.1. The Kier molecular flexibility index (Phi) is 73.1. The van der Waals surface area contributed by atoms with Crippen LogP contribution in [0.1, 0.15) is 440 Å². The van der Waals surface area contributed by atoms with Gasteiger partial charge >= 0.3 is 39.5 Å². The fraction of sp³-hybridized carbons (Fsp3) is 0.952. The monoisotopic (exact) mass is 1490 g/mol. The van der Waals surface area contributed by atoms with Gasteiger partial charge in [0, 0.05) is 25.7 Å². The quantitative estimate of drug-likeness (QED) is 0.0222. The number of ether oxygens (including phenoxy) is 4. The third kappa shape index (κ3) is 73.6. The fourth-order valence-electron chi connectivity index (χ4n) is 12.8. The van der Waals surface area contributed by atoms with E-state index in [4.69, 9.17) is 37.0 Å². The van der Waals surface area contributed by atoms with Crippen molar-refractivity contribution < 1.29 is 80.2 Å². The van der Waals surface area contributed by atoms with Gasteiger partial charge in [-0.15, -0.1) is 0 Å². The maximum Gasteiger partial charge on any atom is 0.472 e. The highest BCUT2D eigenvalue weighted by Crippen LogP contribution is 2.45. The predicted molar refractivity (Wildman–Crippen MR) is 418 cm³/mol. The van der Waals surface area contributed by atoms with E-state index in [-0.39, 0.29) is 25.7 Å². The third-order valence-electron chi connectivity index (χ3n) is 20.2. The Morgan fingerprint density at radius 1 is 0.275 bits per heavy atom. The Bertz CT molecular complexity index is 1960. The van der Waals surface area contributed by atoms with Gasteiger partial charge in [-0.3, -0.25) is 37.3 Å². The van der Waals surface area contributed by atoms with Crippen molar-refractivity contribution in [2.24, 2.45) is 11.8 Å². The Labute approximate surface area is 626 Å². The van der Waals surface area contributed by atoms with Crippen LogP contribution in [0.3, 0.4) is 0 Å². The minimum Gasteiger partial charge on any atom is -0.462 e. The lowest BCUT2D eigenvalue weighted by atomic mass is 9.99. The summed E-state index contributed by atoms with van der Waals surface area (Å²) in [5, 5.41) is 10.7. The molecule has 0 radical (unpaired) electrons. The summed E-state index contributed by atoms with van der Waals surface area (Å²) in [5.74, 6) is -0.455. The van der Waals surface area contributed by atoms with E-state index in [1.54, 1.807) is 0 Å². The summed E-state index contributed by atoms with van der Waals surface area (Å²) in [4.78, 5) is 73.1. The van der Waals surface area contributed by atoms with Crippen molar-refractivity contribution in [1.82, 2.24) is 0 Å². The van der Waals surface area contributed by atoms with Gasteiger partial charge < -0.3 is 33.8 Å². The summed E-state index contributed by atoms with van der Waals surface area (Å²) in [6, 6.07) is 0. The number of phosphoric ester groups is 2. The third-order valence-corrected chi connectivity index (χ3v) is 22.1. The van der Waals surface area contributed by atoms with E-state index in [0.29, 0.717) is 25.7 Å². The molecule has 606 valence electrons. The average Bonchev–Trinajstić information content (AvgIpc) is 1.03. The van der Waals surface area contributed by atoms with Crippen LogP contribution in [0.5, 0.6) is 0 Å². The molecule has 7 atom stereocenters. The van der Waals surface area contributed by atoms with Crippen LogP contribution in [0.4, 0.5) is 0 Å². The fourth-order valence-corrected chi connectivity index (χ4v) is 14.4. The van der Waals surface area contributed by atoms with Crippen molar-refractivity contribution in [1.29, 1.82) is 0 Å². The van der Waals surface area contributed by atoms with Crippen molar-refractivity contribution in [3.63, 3.8) is 0 Å². The summed E-state index contributed by atoms with van der Waals surface area (Å²) < 4.78 is 68.8. The number of esters is 4. The molecule has 0 aliphatic heterocycles. The van der Waals surface area contributed by atoms with Crippen molar-refractivity contribution in [2.45, 2.75) is 458 Å². The zero-order valence-corrected chi connectivity index (χ0v) is 68.7. The van der Waals surface area contributed by atoms with Crippen LogP contribution in [0, 0.1) is 11.8 Å². The van der Waals surface area contributed by atoms with Gasteiger partial charge in [0.15, 0.2) is 12.2 Å². The number of carbonyl (C=O) groups excluding carboxylic acids is 4. The molecule has 0 heterocycles. The summed E-state index contributed by atoms with van der Waals surface area (Å²) in [7, 11) is -9.92. The van der Waals surface area contributed by atoms with Gasteiger partial charge in [0.2, 0.25) is 0 Å². The number of hydrogen-bond acceptors (Lipinski definition) is 15. The molecule has 19 heteroatoms. The molecule has 0 aliphatic carbocycles. The highest BCUT2D eigenvalue weighted by Gasteiger charge is 2.30. The van der Waals surface area contributed by atoms with Gasteiger partial charge in [-0.1, -0.05) is 388 Å². The van der Waals surface area contributed by atoms with Crippen LogP contribution >= 0.6 is 15.6 Å². The van der Waals surface area contributed by atoms with E-state index < -0.39 is 97.5 Å². The molecule has 0 spiro atoms. The standard InChI is InChI=1S/C83H162O17P2/c1-7-11-13-15-17-19-21-23-24-25-26-27-31-35-42-48-54-60-66-81(86)94-71-78(99-82(87)67-61-55-49-43-36-32-29-28-30-33-39-45-51-57-63-75(5)9-3)73-97-101(89,90)95-69-77(84)70-96-102(91,92)98-74-79(72-93-80(85)65-59-53-47-41-34-22-20-18-16-14-12-8-2)100-83(88)68-62-56-50-44-38-37-40-46-52-58-64-76(6)10-4/h75-79,84H,7-74H2,1-6H3,(H,89,90)(H,91,92)/t75?,76?,77-,78-,79-/m1/s1. The van der Waals surface area contributed by atoms with Crippen molar-refractivity contribution >= 4 is 39.5 Å². The first-order chi connectivity index (χ1) is 49.4. The topological polar surface area (TPSA) is 237 Å². The predicted octanol–water partition coefficient (Wildman–Crippen LogP) is 25.1. The molecule has 0 aliphatic rings. The number of hydrogen-bond donors (Lipinski definition) is 3. The summed E-state index contributed by atoms with van der Waals surface area (Å²) in [5.41, 5.74) is 0. The lowest BCUT2D eigenvalue weighted by Gasteiger charge is -2.21. The normalized spacial score (nSPS) is 14.4. The number of aliphatic hydroxyl groups excluding tert-OH is 1. The molecular weight excluding hydrogens is 1330 g/mol. The maximum atomic E-state index is 13.1. The molecule has 4 unspecified atom stereocenters. The molecule has 0 fully saturated rings. The second kappa shape index (κ2) is 74.5. The molecule has 0 saturated carbocycles. The molecule has 3 N–H and O–H groups in total. The second-order valence-electron chi connectivity index (χ2n) is 30.4. The minimum absolute atomic E-state index is 0.107. The zero-order chi connectivity index (χ0) is 74.9. The van der Waals surface area contributed by atoms with Gasteiger partial charge in [0.1, 0.15) is 19.3 Å². The van der Waals surface area contributed by atoms with Gasteiger partial charge in [-0.05, 0) is 37.5 Å². The first-order valence-corrected chi connectivity index (χ1v) is 46.1. The number of aliphatic hydroxyl groups is 1. The molecule has 0 aromatic rings. The molecule has 0 saturated heterocycles. The minimum atomic E-state index is -4.96. The van der Waals surface area contributed by atoms with Gasteiger partial charge in [-0.25, -0.2) is 9.13 Å². The Hall–Kier alpha value is -1.94. The van der Waals surface area contributed by atoms with E-state index in [0.717, 1.165) is 102 Å². The second-order valence-corrected chi connectivity index (χ2v) is 33.3. The van der Waals surface area contributed by atoms with Crippen LogP contribution in [0.2, 0.25) is 0 Å². The van der Waals surface area contributed by atoms with Crippen LogP contribution in [-0.2, 0) is 65.4 Å². The van der Waals surface area contributed by atoms with Crippen molar-refractivity contribution in [3.8, 4) is 0 Å². The SMILES string of the molecule is CCCCCCCCCCCCCCCCCCCCC(=O)OC[C@H](COP(=O)(O)OC[C@@H](O)COP(=O)(O)OC[C@@H](COC(=O)CCCCCCCCCCCCCC)OC(=O)CCCCCCCCCCCCC(C)CC)OC(=O)CCCCCCCCCCCCCCCCC(C)CC. The molecule has 0 aromatic carbocycles. The van der Waals surface area contributed by atoms with Crippen LogP contribution in [0.25, 0.3) is 0 Å². The number of rotatable bonds is 82. The number of carbonyl (C=O) groups is 4. The lowest BCUT2D eigenvalue weighted by molar-refractivity contribution is -0.161. The highest BCUT2D eigenvalue weighted by atomic mass is 31.2. The van der Waals surface area contributed by atoms with Crippen LogP contribution in [0.15, 0.2) is 0 Å². The molecule has 0 rings (SSSR count). The van der Waals surface area contributed by atoms with Gasteiger partial charge in [0.05, 0.1) is 26.4 Å². The smallest absolute Gasteiger partial charge is 0.462 e. The van der Waals surface area contributed by atoms with Gasteiger partial charge in [0.25, 0.3) is 0 Å². The van der Waals surface area contributed by atoms with E-state index in [1.807, 2.05) is 0 Å². The van der Waals surface area contributed by atoms with E-state index in [2.05, 4.69) is 41.5 Å². The molecule has 102 heavy (non-hydrogen) atoms. The average molecular weight is 1490 g/mol. The highest BCUT2D eigenvalue weighted by molar-refractivity contribution is 7.47. The Balaban J connectivity index is 5.26. The molecule has 0 amide bonds. The largest absolute Gasteiger partial charge is 0.472 e. The van der Waals surface area contributed by atoms with Crippen molar-refractivity contribution in [3.05, 3.63) is 0 Å². The Morgan fingerprint density at radius 3 is 0.696 bits per heavy atom. The molecule has 0 bridgehead atoms. The van der Waals surface area contributed by atoms with Crippen molar-refractivity contribution in [2.75, 3.05) is 39.6 Å². The zero-order valence-electron chi connectivity index (χ0n) is 66.9. The number of unbranched alkanes of at least 4 members (excludes halogenated alkanes) is 50. The first kappa shape index (κ1) is 100. The van der Waals surface area contributed by atoms with E-state index >= 15 is 0 Å². The van der Waals surface area contributed by atoms with E-state index in [9.17, 15) is 43.2 Å². The summed E-state index contributed by atoms with van der Waals surface area (Å²) >= 11 is 0. The Morgan fingerprint density at radius 2 is 0.471 bits per heavy atom. The first-order valence-electron chi connectivity index (χ1n) is 43.1.